The van der Waals surface area contributed by atoms with Crippen LogP contribution in [0.4, 0.5) is 17.5 Å². The number of hydrogen-bond acceptors (Lipinski definition) is 7. The van der Waals surface area contributed by atoms with Crippen molar-refractivity contribution in [2.45, 2.75) is 40.2 Å². The molecule has 2 heterocycles. The van der Waals surface area contributed by atoms with E-state index in [2.05, 4.69) is 67.2 Å². The summed E-state index contributed by atoms with van der Waals surface area (Å²) in [4.78, 5) is 17.4. The fourth-order valence-electron chi connectivity index (χ4n) is 4.42. The molecule has 7 nitrogen and oxygen atoms in total. The van der Waals surface area contributed by atoms with Crippen LogP contribution in [0.25, 0.3) is 0 Å². The van der Waals surface area contributed by atoms with Gasteiger partial charge in [0.1, 0.15) is 17.4 Å². The number of ether oxygens (including phenoxy) is 1. The lowest BCUT2D eigenvalue weighted by Crippen LogP contribution is -2.28. The summed E-state index contributed by atoms with van der Waals surface area (Å²) in [5, 5.41) is 5.57. The second-order valence-electron chi connectivity index (χ2n) is 8.68. The summed E-state index contributed by atoms with van der Waals surface area (Å²) < 4.78 is 6.12. The standard InChI is InChI=1S/C27H34ClN5O2/c1-5-32(6-2)13-15-34-25-19(3)16-22(17-20(25)4)30-27-29-18-23(28)26(31-27)33-24(12-14-35-33)21-10-8-7-9-11-21/h7-11,16-18,24H,5-6,12-15H2,1-4H3,(H,29,30,31). The summed E-state index contributed by atoms with van der Waals surface area (Å²) in [7, 11) is 0. The lowest BCUT2D eigenvalue weighted by molar-refractivity contribution is 0.157. The Balaban J connectivity index is 1.49. The maximum atomic E-state index is 6.50. The van der Waals surface area contributed by atoms with Gasteiger partial charge in [-0.15, -0.1) is 0 Å². The largest absolute Gasteiger partial charge is 0.492 e. The van der Waals surface area contributed by atoms with Crippen LogP contribution in [0, 0.1) is 13.8 Å². The molecule has 35 heavy (non-hydrogen) atoms. The predicted molar refractivity (Wildman–Crippen MR) is 142 cm³/mol. The molecule has 0 spiro atoms. The molecule has 1 aliphatic heterocycles. The molecule has 1 aromatic heterocycles. The first-order valence-corrected chi connectivity index (χ1v) is 12.6. The van der Waals surface area contributed by atoms with Crippen molar-refractivity contribution in [2.24, 2.45) is 0 Å². The number of rotatable bonds is 10. The van der Waals surface area contributed by atoms with Crippen molar-refractivity contribution in [1.29, 1.82) is 0 Å². The van der Waals surface area contributed by atoms with Crippen LogP contribution in [0.3, 0.4) is 0 Å². The Hall–Kier alpha value is -2.87. The van der Waals surface area contributed by atoms with Crippen molar-refractivity contribution >= 4 is 29.1 Å². The highest BCUT2D eigenvalue weighted by Gasteiger charge is 2.30. The molecule has 1 aliphatic rings. The average Bonchev–Trinajstić information content (AvgIpc) is 3.35. The van der Waals surface area contributed by atoms with Gasteiger partial charge in [-0.25, -0.2) is 10.0 Å². The van der Waals surface area contributed by atoms with E-state index in [-0.39, 0.29) is 6.04 Å². The third-order valence-corrected chi connectivity index (χ3v) is 6.55. The van der Waals surface area contributed by atoms with Gasteiger partial charge >= 0.3 is 0 Å². The van der Waals surface area contributed by atoms with Gasteiger partial charge in [-0.05, 0) is 55.8 Å². The van der Waals surface area contributed by atoms with E-state index in [0.717, 1.165) is 54.2 Å². The van der Waals surface area contributed by atoms with Gasteiger partial charge < -0.3 is 15.0 Å². The van der Waals surface area contributed by atoms with Crippen LogP contribution >= 0.6 is 11.6 Å². The summed E-state index contributed by atoms with van der Waals surface area (Å²) >= 11 is 6.50. The molecule has 0 aliphatic carbocycles. The van der Waals surface area contributed by atoms with Gasteiger partial charge in [0.05, 0.1) is 18.8 Å². The van der Waals surface area contributed by atoms with Crippen molar-refractivity contribution in [3.05, 3.63) is 70.4 Å². The van der Waals surface area contributed by atoms with Crippen LogP contribution in [-0.2, 0) is 4.84 Å². The number of hydroxylamine groups is 1. The minimum Gasteiger partial charge on any atom is -0.492 e. The Kier molecular flexibility index (Phi) is 8.44. The van der Waals surface area contributed by atoms with Crippen molar-refractivity contribution in [1.82, 2.24) is 14.9 Å². The summed E-state index contributed by atoms with van der Waals surface area (Å²) in [5.41, 5.74) is 4.19. The lowest BCUT2D eigenvalue weighted by Gasteiger charge is -2.24. The first kappa shape index (κ1) is 25.2. The number of aromatic nitrogens is 2. The highest BCUT2D eigenvalue weighted by atomic mass is 35.5. The smallest absolute Gasteiger partial charge is 0.229 e. The van der Waals surface area contributed by atoms with E-state index in [1.807, 2.05) is 18.2 Å². The molecule has 0 bridgehead atoms. The second kappa shape index (κ2) is 11.7. The second-order valence-corrected chi connectivity index (χ2v) is 9.09. The third-order valence-electron chi connectivity index (χ3n) is 6.29. The number of benzene rings is 2. The Bertz CT molecular complexity index is 1100. The molecule has 2 aromatic carbocycles. The molecule has 0 amide bonds. The van der Waals surface area contributed by atoms with Gasteiger partial charge in [-0.3, -0.25) is 4.84 Å². The molecule has 1 saturated heterocycles. The Morgan fingerprint density at radius 1 is 1.14 bits per heavy atom. The third kappa shape index (κ3) is 6.04. The quantitative estimate of drug-likeness (QED) is 0.365. The number of anilines is 3. The van der Waals surface area contributed by atoms with Crippen molar-refractivity contribution in [3.63, 3.8) is 0 Å². The zero-order valence-electron chi connectivity index (χ0n) is 20.9. The SMILES string of the molecule is CCN(CC)CCOc1c(C)cc(Nc2ncc(Cl)c(N3OCCC3c3ccccc3)n2)cc1C. The molecule has 1 N–H and O–H groups in total. The van der Waals surface area contributed by atoms with Crippen LogP contribution in [0.15, 0.2) is 48.7 Å². The van der Waals surface area contributed by atoms with Gasteiger partial charge in [0, 0.05) is 18.7 Å². The van der Waals surface area contributed by atoms with Gasteiger partial charge in [0.25, 0.3) is 0 Å². The fourth-order valence-corrected chi connectivity index (χ4v) is 4.60. The number of halogens is 1. The first-order valence-electron chi connectivity index (χ1n) is 12.2. The van der Waals surface area contributed by atoms with E-state index < -0.39 is 0 Å². The van der Waals surface area contributed by atoms with Crippen molar-refractivity contribution in [2.75, 3.05) is 43.2 Å². The van der Waals surface area contributed by atoms with Gasteiger partial charge in [0.2, 0.25) is 5.95 Å². The lowest BCUT2D eigenvalue weighted by atomic mass is 10.0. The molecule has 3 aromatic rings. The van der Waals surface area contributed by atoms with Gasteiger partial charge in [-0.2, -0.15) is 4.98 Å². The van der Waals surface area contributed by atoms with E-state index in [1.54, 1.807) is 11.3 Å². The van der Waals surface area contributed by atoms with Crippen LogP contribution in [0.2, 0.25) is 5.02 Å². The summed E-state index contributed by atoms with van der Waals surface area (Å²) in [5.74, 6) is 1.94. The molecule has 0 radical (unpaired) electrons. The van der Waals surface area contributed by atoms with Crippen molar-refractivity contribution in [3.8, 4) is 5.75 Å². The molecule has 1 unspecified atom stereocenters. The number of likely N-dealkylation sites (N-methyl/N-ethyl adjacent to an activating group) is 1. The average molecular weight is 496 g/mol. The number of aryl methyl sites for hydroxylation is 2. The van der Waals surface area contributed by atoms with E-state index in [1.165, 1.54) is 0 Å². The summed E-state index contributed by atoms with van der Waals surface area (Å²) in [6.07, 6.45) is 2.47. The van der Waals surface area contributed by atoms with Crippen LogP contribution < -0.4 is 15.1 Å². The zero-order valence-corrected chi connectivity index (χ0v) is 21.7. The van der Waals surface area contributed by atoms with E-state index in [9.17, 15) is 0 Å². The number of nitrogens with zero attached hydrogens (tertiary/aromatic N) is 4. The van der Waals surface area contributed by atoms with E-state index >= 15 is 0 Å². The Morgan fingerprint density at radius 3 is 2.54 bits per heavy atom. The molecule has 4 rings (SSSR count). The normalized spacial score (nSPS) is 15.6. The highest BCUT2D eigenvalue weighted by molar-refractivity contribution is 6.32. The molecule has 8 heteroatoms. The van der Waals surface area contributed by atoms with E-state index in [0.29, 0.717) is 30.0 Å². The Morgan fingerprint density at radius 2 is 1.86 bits per heavy atom. The molecular weight excluding hydrogens is 462 g/mol. The maximum absolute atomic E-state index is 6.50. The van der Waals surface area contributed by atoms with Crippen LogP contribution in [0.1, 0.15) is 43.0 Å². The molecule has 1 fully saturated rings. The fraction of sp³-hybridized carbons (Fsp3) is 0.407. The van der Waals surface area contributed by atoms with Gasteiger partial charge in [0.15, 0.2) is 5.82 Å². The van der Waals surface area contributed by atoms with Crippen molar-refractivity contribution < 1.29 is 9.57 Å². The molecular formula is C27H34ClN5O2. The molecule has 1 atom stereocenters. The van der Waals surface area contributed by atoms with Crippen LogP contribution in [-0.4, -0.2) is 47.7 Å². The minimum absolute atomic E-state index is 0.0497. The minimum atomic E-state index is 0.0497. The molecule has 186 valence electrons. The van der Waals surface area contributed by atoms with Crippen LogP contribution in [0.5, 0.6) is 5.75 Å². The zero-order chi connectivity index (χ0) is 24.8. The number of hydrogen-bond donors (Lipinski definition) is 1. The monoisotopic (exact) mass is 495 g/mol. The molecule has 0 saturated carbocycles. The van der Waals surface area contributed by atoms with Gasteiger partial charge in [-0.1, -0.05) is 55.8 Å². The highest BCUT2D eigenvalue weighted by Crippen LogP contribution is 2.37. The van der Waals surface area contributed by atoms with E-state index in [4.69, 9.17) is 26.2 Å². The Labute approximate surface area is 213 Å². The summed E-state index contributed by atoms with van der Waals surface area (Å²) in [6, 6.07) is 14.4. The number of nitrogens with one attached hydrogen (secondary N) is 1. The topological polar surface area (TPSA) is 62.8 Å². The predicted octanol–water partition coefficient (Wildman–Crippen LogP) is 6.09. The summed E-state index contributed by atoms with van der Waals surface area (Å²) in [6.45, 7) is 12.7. The maximum Gasteiger partial charge on any atom is 0.229 e. The first-order chi connectivity index (χ1) is 17.0.